The van der Waals surface area contributed by atoms with Crippen LogP contribution in [0.3, 0.4) is 0 Å². The lowest BCUT2D eigenvalue weighted by atomic mass is 9.90. The number of hydrogen-bond donors (Lipinski definition) is 1. The van der Waals surface area contributed by atoms with Crippen molar-refractivity contribution >= 4 is 0 Å². The highest BCUT2D eigenvalue weighted by Gasteiger charge is 2.30. The Balaban J connectivity index is 2.30. The van der Waals surface area contributed by atoms with E-state index in [2.05, 4.69) is 18.3 Å². The van der Waals surface area contributed by atoms with Crippen LogP contribution in [0.4, 0.5) is 0 Å². The molecule has 0 heterocycles. The molecule has 0 bridgehead atoms. The predicted octanol–water partition coefficient (Wildman–Crippen LogP) is 3.40. The number of nitrogens with one attached hydrogen (secondary N) is 1. The van der Waals surface area contributed by atoms with Crippen LogP contribution in [0.15, 0.2) is 18.2 Å². The normalized spacial score (nSPS) is 24.2. The highest BCUT2D eigenvalue weighted by atomic mass is 16.5. The van der Waals surface area contributed by atoms with E-state index in [1.807, 2.05) is 19.2 Å². The lowest BCUT2D eigenvalue weighted by molar-refractivity contribution is 0.349. The topological polar surface area (TPSA) is 30.5 Å². The van der Waals surface area contributed by atoms with Gasteiger partial charge in [-0.15, -0.1) is 0 Å². The molecule has 2 rings (SSSR count). The van der Waals surface area contributed by atoms with Crippen molar-refractivity contribution in [3.05, 3.63) is 23.8 Å². The van der Waals surface area contributed by atoms with Gasteiger partial charge >= 0.3 is 0 Å². The van der Waals surface area contributed by atoms with E-state index in [0.29, 0.717) is 12.0 Å². The first-order valence-corrected chi connectivity index (χ1v) is 7.08. The summed E-state index contributed by atoms with van der Waals surface area (Å²) in [6.07, 6.45) is 3.90. The third-order valence-corrected chi connectivity index (χ3v) is 4.29. The second-order valence-corrected chi connectivity index (χ2v) is 5.55. The van der Waals surface area contributed by atoms with Crippen LogP contribution in [-0.2, 0) is 0 Å². The van der Waals surface area contributed by atoms with Gasteiger partial charge in [-0.25, -0.2) is 0 Å². The zero-order valence-corrected chi connectivity index (χ0v) is 12.4. The Morgan fingerprint density at radius 1 is 1.21 bits per heavy atom. The molecule has 1 fully saturated rings. The largest absolute Gasteiger partial charge is 0.497 e. The Labute approximate surface area is 116 Å². The Morgan fingerprint density at radius 3 is 2.53 bits per heavy atom. The van der Waals surface area contributed by atoms with E-state index in [4.69, 9.17) is 9.47 Å². The van der Waals surface area contributed by atoms with Gasteiger partial charge in [0, 0.05) is 11.6 Å². The van der Waals surface area contributed by atoms with E-state index < -0.39 is 0 Å². The summed E-state index contributed by atoms with van der Waals surface area (Å²) >= 11 is 0. The summed E-state index contributed by atoms with van der Waals surface area (Å²) in [5.74, 6) is 3.35. The van der Waals surface area contributed by atoms with Crippen LogP contribution >= 0.6 is 0 Å². The number of methoxy groups -OCH3 is 2. The maximum atomic E-state index is 5.52. The van der Waals surface area contributed by atoms with Crippen LogP contribution in [0.5, 0.6) is 11.5 Å². The number of rotatable bonds is 5. The molecule has 0 aliphatic heterocycles. The van der Waals surface area contributed by atoms with E-state index in [1.54, 1.807) is 14.2 Å². The second-order valence-electron chi connectivity index (χ2n) is 5.55. The van der Waals surface area contributed by atoms with Gasteiger partial charge in [-0.1, -0.05) is 13.3 Å². The summed E-state index contributed by atoms with van der Waals surface area (Å²) in [6.45, 7) is 2.34. The molecule has 0 saturated heterocycles. The zero-order chi connectivity index (χ0) is 13.8. The van der Waals surface area contributed by atoms with Crippen LogP contribution in [0.1, 0.15) is 37.8 Å². The van der Waals surface area contributed by atoms with Gasteiger partial charge < -0.3 is 14.8 Å². The molecule has 3 heteroatoms. The highest BCUT2D eigenvalue weighted by Crippen LogP contribution is 2.42. The van der Waals surface area contributed by atoms with Crippen LogP contribution < -0.4 is 14.8 Å². The van der Waals surface area contributed by atoms with Crippen LogP contribution in [0, 0.1) is 11.8 Å². The van der Waals surface area contributed by atoms with E-state index in [-0.39, 0.29) is 0 Å². The monoisotopic (exact) mass is 263 g/mol. The summed E-state index contributed by atoms with van der Waals surface area (Å²) in [5, 5.41) is 3.47. The Bertz CT molecular complexity index is 419. The Morgan fingerprint density at radius 2 is 2.00 bits per heavy atom. The first-order chi connectivity index (χ1) is 9.19. The quantitative estimate of drug-likeness (QED) is 0.883. The summed E-state index contributed by atoms with van der Waals surface area (Å²) in [6, 6.07) is 6.39. The lowest BCUT2D eigenvalue weighted by Crippen LogP contribution is -2.24. The highest BCUT2D eigenvalue weighted by molar-refractivity contribution is 5.42. The standard InChI is InChI=1S/C16H25NO2/c1-11-5-6-12(9-11)16(17-2)14-10-13(18-3)7-8-15(14)19-4/h7-8,10-12,16-17H,5-6,9H2,1-4H3. The maximum absolute atomic E-state index is 5.52. The summed E-state index contributed by atoms with van der Waals surface area (Å²) < 4.78 is 10.9. The van der Waals surface area contributed by atoms with E-state index in [0.717, 1.165) is 17.4 Å². The Kier molecular flexibility index (Phi) is 4.70. The predicted molar refractivity (Wildman–Crippen MR) is 77.9 cm³/mol. The van der Waals surface area contributed by atoms with Crippen molar-refractivity contribution in [3.63, 3.8) is 0 Å². The molecule has 106 valence electrons. The van der Waals surface area contributed by atoms with Crippen LogP contribution in [0.25, 0.3) is 0 Å². The zero-order valence-electron chi connectivity index (χ0n) is 12.4. The van der Waals surface area contributed by atoms with Crippen LogP contribution in [-0.4, -0.2) is 21.3 Å². The molecule has 1 N–H and O–H groups in total. The average molecular weight is 263 g/mol. The van der Waals surface area contributed by atoms with Gasteiger partial charge in [0.1, 0.15) is 11.5 Å². The molecule has 0 aromatic heterocycles. The molecule has 1 aliphatic carbocycles. The summed E-state index contributed by atoms with van der Waals surface area (Å²) in [4.78, 5) is 0. The van der Waals surface area contributed by atoms with Crippen molar-refractivity contribution in [2.75, 3.05) is 21.3 Å². The van der Waals surface area contributed by atoms with Crippen molar-refractivity contribution in [1.82, 2.24) is 5.32 Å². The smallest absolute Gasteiger partial charge is 0.123 e. The molecule has 3 atom stereocenters. The number of hydrogen-bond acceptors (Lipinski definition) is 3. The summed E-state index contributed by atoms with van der Waals surface area (Å²) in [5.41, 5.74) is 1.21. The van der Waals surface area contributed by atoms with Gasteiger partial charge in [-0.2, -0.15) is 0 Å². The lowest BCUT2D eigenvalue weighted by Gasteiger charge is -2.25. The van der Waals surface area contributed by atoms with Crippen molar-refractivity contribution in [2.24, 2.45) is 11.8 Å². The fourth-order valence-corrected chi connectivity index (χ4v) is 3.28. The van der Waals surface area contributed by atoms with Gasteiger partial charge in [0.2, 0.25) is 0 Å². The first kappa shape index (κ1) is 14.2. The molecule has 0 amide bonds. The minimum absolute atomic E-state index is 0.343. The van der Waals surface area contributed by atoms with Crippen molar-refractivity contribution in [2.45, 2.75) is 32.2 Å². The van der Waals surface area contributed by atoms with E-state index in [9.17, 15) is 0 Å². The molecular weight excluding hydrogens is 238 g/mol. The van der Waals surface area contributed by atoms with Gasteiger partial charge in [0.15, 0.2) is 0 Å². The molecule has 3 nitrogen and oxygen atoms in total. The first-order valence-electron chi connectivity index (χ1n) is 7.08. The van der Waals surface area contributed by atoms with Gasteiger partial charge in [-0.05, 0) is 49.9 Å². The molecule has 1 aromatic rings. The van der Waals surface area contributed by atoms with Gasteiger partial charge in [-0.3, -0.25) is 0 Å². The fourth-order valence-electron chi connectivity index (χ4n) is 3.28. The number of benzene rings is 1. The molecule has 3 unspecified atom stereocenters. The molecule has 19 heavy (non-hydrogen) atoms. The van der Waals surface area contributed by atoms with Gasteiger partial charge in [0.25, 0.3) is 0 Å². The minimum atomic E-state index is 0.343. The van der Waals surface area contributed by atoms with Crippen molar-refractivity contribution < 1.29 is 9.47 Å². The SMILES string of the molecule is CNC(c1cc(OC)ccc1OC)C1CCC(C)C1. The minimum Gasteiger partial charge on any atom is -0.497 e. The second kappa shape index (κ2) is 6.29. The van der Waals surface area contributed by atoms with Crippen molar-refractivity contribution in [1.29, 1.82) is 0 Å². The third kappa shape index (κ3) is 3.03. The van der Waals surface area contributed by atoms with Gasteiger partial charge in [0.05, 0.1) is 14.2 Å². The summed E-state index contributed by atoms with van der Waals surface area (Å²) in [7, 11) is 5.47. The average Bonchev–Trinajstić information content (AvgIpc) is 2.86. The number of ether oxygens (including phenoxy) is 2. The Hall–Kier alpha value is -1.22. The van der Waals surface area contributed by atoms with E-state index >= 15 is 0 Å². The molecule has 1 aliphatic rings. The van der Waals surface area contributed by atoms with Crippen LogP contribution in [0.2, 0.25) is 0 Å². The maximum Gasteiger partial charge on any atom is 0.123 e. The molecule has 0 spiro atoms. The third-order valence-electron chi connectivity index (χ3n) is 4.29. The van der Waals surface area contributed by atoms with Crippen molar-refractivity contribution in [3.8, 4) is 11.5 Å². The molecule has 1 saturated carbocycles. The van der Waals surface area contributed by atoms with E-state index in [1.165, 1.54) is 24.8 Å². The molecular formula is C16H25NO2. The molecule has 0 radical (unpaired) electrons. The fraction of sp³-hybridized carbons (Fsp3) is 0.625. The molecule has 1 aromatic carbocycles.